The second kappa shape index (κ2) is 9.72. The molecular formula is C42H36N2. The fourth-order valence-corrected chi connectivity index (χ4v) is 7.82. The summed E-state index contributed by atoms with van der Waals surface area (Å²) < 4.78 is 0. The number of hydrogen-bond acceptors (Lipinski definition) is 2. The van der Waals surface area contributed by atoms with Crippen LogP contribution in [0.25, 0.3) is 55.6 Å². The molecule has 2 aliphatic carbocycles. The van der Waals surface area contributed by atoms with Crippen molar-refractivity contribution < 1.29 is 0 Å². The molecule has 6 aromatic rings. The minimum absolute atomic E-state index is 0.612. The van der Waals surface area contributed by atoms with Crippen LogP contribution in [0.1, 0.15) is 44.5 Å². The van der Waals surface area contributed by atoms with Crippen LogP contribution in [0.15, 0.2) is 97.1 Å². The van der Waals surface area contributed by atoms with E-state index in [1.54, 1.807) is 0 Å². The van der Waals surface area contributed by atoms with Crippen LogP contribution in [-0.4, -0.2) is 0 Å². The van der Waals surface area contributed by atoms with Crippen LogP contribution in [-0.2, 0) is 12.8 Å². The zero-order valence-electron chi connectivity index (χ0n) is 25.8. The van der Waals surface area contributed by atoms with Gasteiger partial charge in [0.1, 0.15) is 0 Å². The van der Waals surface area contributed by atoms with Gasteiger partial charge in [0.2, 0.25) is 0 Å². The van der Waals surface area contributed by atoms with E-state index < -0.39 is 0 Å². The minimum Gasteiger partial charge on any atom is -0.397 e. The average molecular weight is 569 g/mol. The van der Waals surface area contributed by atoms with E-state index in [9.17, 15) is 0 Å². The summed E-state index contributed by atoms with van der Waals surface area (Å²) in [6.45, 7) is 9.10. The Balaban J connectivity index is 1.52. The standard InChI is InChI=1S/C42H36N2/c1-23-19-34-29-13-7-5-11-27(29)21-36(34)39(25(23)3)33-17-9-15-31(32-16-10-18-38(43)42(32)44)41(33)40-26(4)24(2)20-35-30-14-8-6-12-28(30)22-37(35)40/h5-20H,21-22,43-44H2,1-4H3. The van der Waals surface area contributed by atoms with Crippen LogP contribution in [0.4, 0.5) is 11.4 Å². The monoisotopic (exact) mass is 568 g/mol. The molecule has 0 aromatic heterocycles. The van der Waals surface area contributed by atoms with Gasteiger partial charge in [-0.25, -0.2) is 0 Å². The summed E-state index contributed by atoms with van der Waals surface area (Å²) in [4.78, 5) is 0. The van der Waals surface area contributed by atoms with Crippen LogP contribution >= 0.6 is 0 Å². The summed E-state index contributed by atoms with van der Waals surface area (Å²) in [5.74, 6) is 0. The number of nitrogens with two attached hydrogens (primary N) is 2. The van der Waals surface area contributed by atoms with Gasteiger partial charge >= 0.3 is 0 Å². The Bertz CT molecular complexity index is 2180. The number of nitrogen functional groups attached to an aromatic ring is 2. The number of hydrogen-bond donors (Lipinski definition) is 2. The molecule has 0 aliphatic heterocycles. The molecule has 2 aliphatic rings. The Morgan fingerprint density at radius 1 is 0.432 bits per heavy atom. The molecule has 0 saturated heterocycles. The van der Waals surface area contributed by atoms with Gasteiger partial charge in [0.15, 0.2) is 0 Å². The SMILES string of the molecule is Cc1cc2c(c(-c3cccc(-c4cccc(N)c4N)c3-c3c(C)c(C)cc4c3Cc3ccccc3-4)c1C)Cc1ccccc1-2. The van der Waals surface area contributed by atoms with Crippen molar-refractivity contribution in [3.8, 4) is 55.6 Å². The van der Waals surface area contributed by atoms with Gasteiger partial charge in [0.25, 0.3) is 0 Å². The lowest BCUT2D eigenvalue weighted by Gasteiger charge is -2.25. The minimum atomic E-state index is 0.612. The summed E-state index contributed by atoms with van der Waals surface area (Å²) in [5, 5.41) is 0. The summed E-state index contributed by atoms with van der Waals surface area (Å²) in [6.07, 6.45) is 1.85. The van der Waals surface area contributed by atoms with Crippen molar-refractivity contribution >= 4 is 11.4 Å². The predicted octanol–water partition coefficient (Wildman–Crippen LogP) is 10.2. The molecule has 0 saturated carbocycles. The third kappa shape index (κ3) is 3.74. The van der Waals surface area contributed by atoms with E-state index in [1.807, 2.05) is 12.1 Å². The van der Waals surface area contributed by atoms with Crippen molar-refractivity contribution in [2.45, 2.75) is 40.5 Å². The van der Waals surface area contributed by atoms with Crippen LogP contribution < -0.4 is 11.5 Å². The van der Waals surface area contributed by atoms with Crippen LogP contribution in [0.2, 0.25) is 0 Å². The van der Waals surface area contributed by atoms with Gasteiger partial charge in [-0.3, -0.25) is 0 Å². The highest BCUT2D eigenvalue weighted by Crippen LogP contribution is 2.53. The van der Waals surface area contributed by atoms with E-state index in [2.05, 4.69) is 113 Å². The maximum absolute atomic E-state index is 6.78. The number of benzene rings is 6. The smallest absolute Gasteiger partial charge is 0.0627 e. The number of para-hydroxylation sites is 1. The Kier molecular flexibility index (Phi) is 5.86. The van der Waals surface area contributed by atoms with Crippen molar-refractivity contribution in [3.05, 3.63) is 142 Å². The van der Waals surface area contributed by atoms with E-state index in [0.29, 0.717) is 11.4 Å². The number of rotatable bonds is 3. The maximum Gasteiger partial charge on any atom is 0.0627 e. The van der Waals surface area contributed by atoms with Gasteiger partial charge in [0.05, 0.1) is 11.4 Å². The highest BCUT2D eigenvalue weighted by Gasteiger charge is 2.30. The van der Waals surface area contributed by atoms with Gasteiger partial charge in [-0.1, -0.05) is 91.0 Å². The zero-order valence-corrected chi connectivity index (χ0v) is 25.8. The third-order valence-electron chi connectivity index (χ3n) is 10.3. The predicted molar refractivity (Wildman–Crippen MR) is 187 cm³/mol. The van der Waals surface area contributed by atoms with Crippen molar-refractivity contribution in [1.82, 2.24) is 0 Å². The third-order valence-corrected chi connectivity index (χ3v) is 10.3. The highest BCUT2D eigenvalue weighted by atomic mass is 14.7. The van der Waals surface area contributed by atoms with E-state index in [1.165, 1.54) is 89.0 Å². The Morgan fingerprint density at radius 2 is 0.909 bits per heavy atom. The lowest BCUT2D eigenvalue weighted by atomic mass is 9.78. The first-order valence-corrected chi connectivity index (χ1v) is 15.5. The highest BCUT2D eigenvalue weighted by molar-refractivity contribution is 6.04. The molecule has 44 heavy (non-hydrogen) atoms. The Morgan fingerprint density at radius 3 is 1.55 bits per heavy atom. The fourth-order valence-electron chi connectivity index (χ4n) is 7.82. The summed E-state index contributed by atoms with van der Waals surface area (Å²) in [5.41, 5.74) is 38.0. The van der Waals surface area contributed by atoms with E-state index in [-0.39, 0.29) is 0 Å². The molecule has 0 amide bonds. The molecule has 0 radical (unpaired) electrons. The fraction of sp³-hybridized carbons (Fsp3) is 0.143. The second-order valence-corrected chi connectivity index (χ2v) is 12.6. The van der Waals surface area contributed by atoms with Gasteiger partial charge in [-0.2, -0.15) is 0 Å². The van der Waals surface area contributed by atoms with Crippen LogP contribution in [0, 0.1) is 27.7 Å². The van der Waals surface area contributed by atoms with E-state index in [0.717, 1.165) is 24.0 Å². The summed E-state index contributed by atoms with van der Waals surface area (Å²) >= 11 is 0. The van der Waals surface area contributed by atoms with Crippen molar-refractivity contribution in [2.75, 3.05) is 11.5 Å². The number of fused-ring (bicyclic) bond motifs is 6. The van der Waals surface area contributed by atoms with Gasteiger partial charge in [-0.15, -0.1) is 0 Å². The normalized spacial score (nSPS) is 12.5. The molecule has 6 aromatic carbocycles. The van der Waals surface area contributed by atoms with Crippen LogP contribution in [0.3, 0.4) is 0 Å². The largest absolute Gasteiger partial charge is 0.397 e. The van der Waals surface area contributed by atoms with Gasteiger partial charge in [-0.05, 0) is 141 Å². The Hall–Kier alpha value is -5.08. The molecule has 0 unspecified atom stereocenters. The molecule has 0 heterocycles. The van der Waals surface area contributed by atoms with Crippen molar-refractivity contribution in [3.63, 3.8) is 0 Å². The molecule has 8 rings (SSSR count). The van der Waals surface area contributed by atoms with E-state index >= 15 is 0 Å². The lowest BCUT2D eigenvalue weighted by molar-refractivity contribution is 1.22. The number of aryl methyl sites for hydroxylation is 2. The lowest BCUT2D eigenvalue weighted by Crippen LogP contribution is -2.03. The summed E-state index contributed by atoms with van der Waals surface area (Å²) in [7, 11) is 0. The number of anilines is 2. The van der Waals surface area contributed by atoms with Gasteiger partial charge in [0, 0.05) is 5.56 Å². The molecular weight excluding hydrogens is 532 g/mol. The first-order valence-electron chi connectivity index (χ1n) is 15.5. The molecule has 4 N–H and O–H groups in total. The van der Waals surface area contributed by atoms with Crippen LogP contribution in [0.5, 0.6) is 0 Å². The molecule has 0 spiro atoms. The maximum atomic E-state index is 6.78. The molecule has 0 atom stereocenters. The molecule has 2 heteroatoms. The average Bonchev–Trinajstić information content (AvgIpc) is 3.58. The van der Waals surface area contributed by atoms with E-state index in [4.69, 9.17) is 11.5 Å². The quantitative estimate of drug-likeness (QED) is 0.208. The summed E-state index contributed by atoms with van der Waals surface area (Å²) in [6, 6.07) is 35.4. The zero-order chi connectivity index (χ0) is 30.3. The molecule has 0 bridgehead atoms. The molecule has 2 nitrogen and oxygen atoms in total. The molecule has 0 fully saturated rings. The Labute approximate surface area is 260 Å². The van der Waals surface area contributed by atoms with Crippen molar-refractivity contribution in [2.24, 2.45) is 0 Å². The van der Waals surface area contributed by atoms with Gasteiger partial charge < -0.3 is 11.5 Å². The molecule has 214 valence electrons. The topological polar surface area (TPSA) is 52.0 Å². The first kappa shape index (κ1) is 26.5. The second-order valence-electron chi connectivity index (χ2n) is 12.6. The van der Waals surface area contributed by atoms with Crippen molar-refractivity contribution in [1.29, 1.82) is 0 Å². The first-order chi connectivity index (χ1) is 21.3.